The summed E-state index contributed by atoms with van der Waals surface area (Å²) in [6, 6.07) is 0. The Kier molecular flexibility index (Phi) is 5.96. The SMILES string of the molecule is CC(C)C(=O)COCCNC(C)(C)C. The number of ether oxygens (including phenoxy) is 1. The summed E-state index contributed by atoms with van der Waals surface area (Å²) in [7, 11) is 0. The first-order valence-electron chi connectivity index (χ1n) is 5.18. The molecule has 0 atom stereocenters. The Labute approximate surface area is 87.2 Å². The van der Waals surface area contributed by atoms with Crippen molar-refractivity contribution in [2.24, 2.45) is 5.92 Å². The highest BCUT2D eigenvalue weighted by molar-refractivity contribution is 5.81. The van der Waals surface area contributed by atoms with Crippen LogP contribution in [0.15, 0.2) is 0 Å². The van der Waals surface area contributed by atoms with E-state index in [9.17, 15) is 4.79 Å². The lowest BCUT2D eigenvalue weighted by Gasteiger charge is -2.20. The quantitative estimate of drug-likeness (QED) is 0.664. The van der Waals surface area contributed by atoms with E-state index in [0.717, 1.165) is 6.54 Å². The summed E-state index contributed by atoms with van der Waals surface area (Å²) in [5, 5.41) is 3.29. The second-order valence-corrected chi connectivity index (χ2v) is 4.85. The van der Waals surface area contributed by atoms with Crippen LogP contribution in [0.1, 0.15) is 34.6 Å². The molecule has 14 heavy (non-hydrogen) atoms. The Bertz CT molecular complexity index is 171. The van der Waals surface area contributed by atoms with Gasteiger partial charge in [-0.2, -0.15) is 0 Å². The molecule has 0 aliphatic rings. The maximum absolute atomic E-state index is 11.2. The van der Waals surface area contributed by atoms with Gasteiger partial charge in [-0.3, -0.25) is 4.79 Å². The van der Waals surface area contributed by atoms with E-state index in [1.54, 1.807) is 0 Å². The molecule has 1 N–H and O–H groups in total. The van der Waals surface area contributed by atoms with Crippen LogP contribution in [-0.2, 0) is 9.53 Å². The third-order valence-corrected chi connectivity index (χ3v) is 1.79. The lowest BCUT2D eigenvalue weighted by Crippen LogP contribution is -2.38. The molecule has 3 nitrogen and oxygen atoms in total. The number of carbonyl (C=O) groups excluding carboxylic acids is 1. The van der Waals surface area contributed by atoms with E-state index in [1.165, 1.54) is 0 Å². The first-order valence-corrected chi connectivity index (χ1v) is 5.18. The van der Waals surface area contributed by atoms with Gasteiger partial charge in [0.2, 0.25) is 0 Å². The van der Waals surface area contributed by atoms with Crippen LogP contribution in [0.3, 0.4) is 0 Å². The van der Waals surface area contributed by atoms with E-state index in [0.29, 0.717) is 6.61 Å². The van der Waals surface area contributed by atoms with Crippen molar-refractivity contribution in [1.82, 2.24) is 5.32 Å². The number of Topliss-reactive ketones (excluding diaryl/α,β-unsaturated/α-hetero) is 1. The van der Waals surface area contributed by atoms with Gasteiger partial charge in [0.05, 0.1) is 6.61 Å². The molecule has 0 spiro atoms. The van der Waals surface area contributed by atoms with E-state index >= 15 is 0 Å². The standard InChI is InChI=1S/C11H23NO2/c1-9(2)10(13)8-14-7-6-12-11(3,4)5/h9,12H,6-8H2,1-5H3. The van der Waals surface area contributed by atoms with Gasteiger partial charge in [-0.15, -0.1) is 0 Å². The maximum Gasteiger partial charge on any atom is 0.160 e. The first kappa shape index (κ1) is 13.6. The molecule has 0 aliphatic carbocycles. The van der Waals surface area contributed by atoms with Gasteiger partial charge in [0.25, 0.3) is 0 Å². The van der Waals surface area contributed by atoms with Crippen LogP contribution in [0.25, 0.3) is 0 Å². The summed E-state index contributed by atoms with van der Waals surface area (Å²) < 4.78 is 5.24. The maximum atomic E-state index is 11.2. The van der Waals surface area contributed by atoms with Gasteiger partial charge < -0.3 is 10.1 Å². The molecular formula is C11H23NO2. The van der Waals surface area contributed by atoms with Gasteiger partial charge in [-0.25, -0.2) is 0 Å². The van der Waals surface area contributed by atoms with Crippen molar-refractivity contribution in [1.29, 1.82) is 0 Å². The summed E-state index contributed by atoms with van der Waals surface area (Å²) in [5.74, 6) is 0.242. The number of carbonyl (C=O) groups is 1. The monoisotopic (exact) mass is 201 g/mol. The van der Waals surface area contributed by atoms with Crippen LogP contribution in [0, 0.1) is 5.92 Å². The second-order valence-electron chi connectivity index (χ2n) is 4.85. The Balaban J connectivity index is 3.35. The van der Waals surface area contributed by atoms with Gasteiger partial charge in [0, 0.05) is 18.0 Å². The van der Waals surface area contributed by atoms with Crippen molar-refractivity contribution >= 4 is 5.78 Å². The number of nitrogens with one attached hydrogen (secondary N) is 1. The smallest absolute Gasteiger partial charge is 0.160 e. The Morgan fingerprint density at radius 1 is 1.36 bits per heavy atom. The fourth-order valence-electron chi connectivity index (χ4n) is 0.838. The fourth-order valence-corrected chi connectivity index (χ4v) is 0.838. The highest BCUT2D eigenvalue weighted by atomic mass is 16.5. The van der Waals surface area contributed by atoms with E-state index < -0.39 is 0 Å². The molecule has 3 heteroatoms. The molecule has 0 unspecified atom stereocenters. The molecule has 84 valence electrons. The zero-order valence-corrected chi connectivity index (χ0v) is 10.0. The van der Waals surface area contributed by atoms with Gasteiger partial charge in [0.15, 0.2) is 5.78 Å². The topological polar surface area (TPSA) is 38.3 Å². The predicted octanol–water partition coefficient (Wildman–Crippen LogP) is 1.62. The predicted molar refractivity (Wildman–Crippen MR) is 58.4 cm³/mol. The molecule has 0 heterocycles. The van der Waals surface area contributed by atoms with Crippen molar-refractivity contribution < 1.29 is 9.53 Å². The molecule has 0 rings (SSSR count). The van der Waals surface area contributed by atoms with Gasteiger partial charge in [-0.1, -0.05) is 13.8 Å². The van der Waals surface area contributed by atoms with Gasteiger partial charge in [-0.05, 0) is 20.8 Å². The van der Waals surface area contributed by atoms with E-state index in [4.69, 9.17) is 4.74 Å². The molecule has 0 aromatic rings. The lowest BCUT2D eigenvalue weighted by molar-refractivity contribution is -0.126. The largest absolute Gasteiger partial charge is 0.372 e. The summed E-state index contributed by atoms with van der Waals surface area (Å²) in [6.07, 6.45) is 0. The molecular weight excluding hydrogens is 178 g/mol. The minimum Gasteiger partial charge on any atom is -0.372 e. The van der Waals surface area contributed by atoms with E-state index in [-0.39, 0.29) is 23.8 Å². The van der Waals surface area contributed by atoms with Crippen molar-refractivity contribution in [2.45, 2.75) is 40.2 Å². The molecule has 0 aromatic heterocycles. The van der Waals surface area contributed by atoms with Crippen LogP contribution in [-0.4, -0.2) is 31.1 Å². The van der Waals surface area contributed by atoms with E-state index in [1.807, 2.05) is 13.8 Å². The average Bonchev–Trinajstić information content (AvgIpc) is 2.01. The first-order chi connectivity index (χ1) is 6.33. The summed E-state index contributed by atoms with van der Waals surface area (Å²) in [4.78, 5) is 11.2. The molecule has 0 amide bonds. The van der Waals surface area contributed by atoms with Gasteiger partial charge in [0.1, 0.15) is 6.61 Å². The minimum atomic E-state index is 0.0746. The van der Waals surface area contributed by atoms with Crippen molar-refractivity contribution in [2.75, 3.05) is 19.8 Å². The summed E-state index contributed by atoms with van der Waals surface area (Å²) >= 11 is 0. The van der Waals surface area contributed by atoms with Crippen LogP contribution in [0.2, 0.25) is 0 Å². The highest BCUT2D eigenvalue weighted by Gasteiger charge is 2.09. The zero-order valence-electron chi connectivity index (χ0n) is 10.0. The molecule has 0 fully saturated rings. The van der Waals surface area contributed by atoms with Crippen LogP contribution in [0.5, 0.6) is 0 Å². The fraction of sp³-hybridized carbons (Fsp3) is 0.909. The second kappa shape index (κ2) is 6.14. The molecule has 0 saturated heterocycles. The molecule has 0 saturated carbocycles. The van der Waals surface area contributed by atoms with Crippen molar-refractivity contribution in [3.63, 3.8) is 0 Å². The Morgan fingerprint density at radius 2 is 1.93 bits per heavy atom. The lowest BCUT2D eigenvalue weighted by atomic mass is 10.1. The number of hydrogen-bond acceptors (Lipinski definition) is 3. The minimum absolute atomic E-state index is 0.0746. The van der Waals surface area contributed by atoms with Crippen LogP contribution in [0.4, 0.5) is 0 Å². The van der Waals surface area contributed by atoms with Crippen LogP contribution >= 0.6 is 0 Å². The average molecular weight is 201 g/mol. The molecule has 0 aromatic carbocycles. The molecule has 0 radical (unpaired) electrons. The normalized spacial score (nSPS) is 12.1. The Morgan fingerprint density at radius 3 is 2.36 bits per heavy atom. The van der Waals surface area contributed by atoms with Gasteiger partial charge >= 0.3 is 0 Å². The third kappa shape index (κ3) is 8.20. The highest BCUT2D eigenvalue weighted by Crippen LogP contribution is 1.97. The third-order valence-electron chi connectivity index (χ3n) is 1.79. The summed E-state index contributed by atoms with van der Waals surface area (Å²) in [6.45, 7) is 11.7. The molecule has 0 aliphatic heterocycles. The Hall–Kier alpha value is -0.410. The molecule has 0 bridgehead atoms. The number of rotatable bonds is 6. The van der Waals surface area contributed by atoms with E-state index in [2.05, 4.69) is 26.1 Å². The van der Waals surface area contributed by atoms with Crippen LogP contribution < -0.4 is 5.32 Å². The zero-order chi connectivity index (χ0) is 11.2. The number of hydrogen-bond donors (Lipinski definition) is 1. The number of ketones is 1. The summed E-state index contributed by atoms with van der Waals surface area (Å²) in [5.41, 5.74) is 0.116. The van der Waals surface area contributed by atoms with Crippen molar-refractivity contribution in [3.05, 3.63) is 0 Å². The van der Waals surface area contributed by atoms with Crippen molar-refractivity contribution in [3.8, 4) is 0 Å².